The quantitative estimate of drug-likeness (QED) is 0.610. The number of benzene rings is 2. The summed E-state index contributed by atoms with van der Waals surface area (Å²) < 4.78 is 26.2. The van der Waals surface area contributed by atoms with E-state index < -0.39 is 17.5 Å². The predicted molar refractivity (Wildman–Crippen MR) is 110 cm³/mol. The second-order valence-electron chi connectivity index (χ2n) is 6.22. The van der Waals surface area contributed by atoms with Crippen molar-refractivity contribution >= 4 is 28.9 Å². The highest BCUT2D eigenvalue weighted by molar-refractivity contribution is 6.03. The van der Waals surface area contributed by atoms with E-state index in [1.807, 2.05) is 24.3 Å². The molecule has 2 N–H and O–H groups in total. The van der Waals surface area contributed by atoms with Gasteiger partial charge in [-0.15, -0.1) is 0 Å². The second-order valence-corrected chi connectivity index (χ2v) is 6.22. The Bertz CT molecular complexity index is 973. The van der Waals surface area contributed by atoms with Crippen molar-refractivity contribution in [1.29, 1.82) is 0 Å². The maximum absolute atomic E-state index is 13.2. The number of rotatable bonds is 7. The molecule has 0 atom stereocenters. The van der Waals surface area contributed by atoms with E-state index in [1.165, 1.54) is 18.5 Å². The first-order chi connectivity index (χ1) is 14.0. The third-order valence-corrected chi connectivity index (χ3v) is 4.34. The molecule has 2 aromatic carbocycles. The van der Waals surface area contributed by atoms with Gasteiger partial charge in [0.15, 0.2) is 11.6 Å². The first-order valence-corrected chi connectivity index (χ1v) is 9.20. The maximum Gasteiger partial charge on any atom is 0.258 e. The SMILES string of the molecule is CCN(CC)c1ccc(Nc2ncc(C(=O)Nc3ccc(F)c(F)c3)cn2)cc1. The van der Waals surface area contributed by atoms with Crippen molar-refractivity contribution < 1.29 is 13.6 Å². The van der Waals surface area contributed by atoms with E-state index in [4.69, 9.17) is 0 Å². The molecule has 0 spiro atoms. The van der Waals surface area contributed by atoms with E-state index >= 15 is 0 Å². The molecule has 0 bridgehead atoms. The molecule has 0 unspecified atom stereocenters. The Hall–Kier alpha value is -3.55. The van der Waals surface area contributed by atoms with Gasteiger partial charge in [0.1, 0.15) is 0 Å². The minimum atomic E-state index is -1.04. The summed E-state index contributed by atoms with van der Waals surface area (Å²) in [4.78, 5) is 22.7. The number of hydrogen-bond donors (Lipinski definition) is 2. The van der Waals surface area contributed by atoms with Gasteiger partial charge >= 0.3 is 0 Å². The lowest BCUT2D eigenvalue weighted by Crippen LogP contribution is -2.21. The summed E-state index contributed by atoms with van der Waals surface area (Å²) in [6.45, 7) is 6.07. The minimum absolute atomic E-state index is 0.143. The standard InChI is InChI=1S/C21H21F2N5O/c1-3-28(4-2)17-8-5-15(6-9-17)27-21-24-12-14(13-25-21)20(29)26-16-7-10-18(22)19(23)11-16/h5-13H,3-4H2,1-2H3,(H,26,29)(H,24,25,27). The van der Waals surface area contributed by atoms with Crippen molar-refractivity contribution in [3.8, 4) is 0 Å². The molecule has 0 aliphatic rings. The Morgan fingerprint density at radius 2 is 1.55 bits per heavy atom. The summed E-state index contributed by atoms with van der Waals surface area (Å²) >= 11 is 0. The topological polar surface area (TPSA) is 70.2 Å². The van der Waals surface area contributed by atoms with Crippen molar-refractivity contribution in [1.82, 2.24) is 9.97 Å². The Labute approximate surface area is 167 Å². The zero-order valence-electron chi connectivity index (χ0n) is 16.1. The lowest BCUT2D eigenvalue weighted by Gasteiger charge is -2.21. The number of carbonyl (C=O) groups excluding carboxylic acids is 1. The molecule has 1 heterocycles. The minimum Gasteiger partial charge on any atom is -0.372 e. The molecular weight excluding hydrogens is 376 g/mol. The molecule has 0 saturated carbocycles. The van der Waals surface area contributed by atoms with Crippen LogP contribution >= 0.6 is 0 Å². The highest BCUT2D eigenvalue weighted by Crippen LogP contribution is 2.20. The molecule has 1 aromatic heterocycles. The van der Waals surface area contributed by atoms with E-state index in [1.54, 1.807) is 0 Å². The smallest absolute Gasteiger partial charge is 0.258 e. The number of halogens is 2. The van der Waals surface area contributed by atoms with Crippen LogP contribution < -0.4 is 15.5 Å². The van der Waals surface area contributed by atoms with Crippen LogP contribution in [0.5, 0.6) is 0 Å². The Balaban J connectivity index is 1.63. The molecule has 0 aliphatic carbocycles. The van der Waals surface area contributed by atoms with Gasteiger partial charge in [-0.25, -0.2) is 18.7 Å². The fourth-order valence-corrected chi connectivity index (χ4v) is 2.76. The highest BCUT2D eigenvalue weighted by atomic mass is 19.2. The number of aromatic nitrogens is 2. The van der Waals surface area contributed by atoms with E-state index in [0.717, 1.165) is 36.6 Å². The van der Waals surface area contributed by atoms with Gasteiger partial charge < -0.3 is 15.5 Å². The average molecular weight is 397 g/mol. The molecule has 0 aliphatic heterocycles. The lowest BCUT2D eigenvalue weighted by molar-refractivity contribution is 0.102. The van der Waals surface area contributed by atoms with Gasteiger partial charge in [0.05, 0.1) is 5.56 Å². The molecule has 0 saturated heterocycles. The van der Waals surface area contributed by atoms with Gasteiger partial charge in [-0.2, -0.15) is 0 Å². The van der Waals surface area contributed by atoms with Crippen LogP contribution in [0.1, 0.15) is 24.2 Å². The van der Waals surface area contributed by atoms with Crippen molar-refractivity contribution in [2.24, 2.45) is 0 Å². The number of amides is 1. The fourth-order valence-electron chi connectivity index (χ4n) is 2.76. The van der Waals surface area contributed by atoms with Crippen molar-refractivity contribution in [3.05, 3.63) is 72.1 Å². The van der Waals surface area contributed by atoms with Crippen molar-refractivity contribution in [2.45, 2.75) is 13.8 Å². The summed E-state index contributed by atoms with van der Waals surface area (Å²) in [5.74, 6) is -2.20. The van der Waals surface area contributed by atoms with Crippen molar-refractivity contribution in [3.63, 3.8) is 0 Å². The Kier molecular flexibility index (Phi) is 6.33. The molecule has 8 heteroatoms. The van der Waals surface area contributed by atoms with Crippen LogP contribution in [0, 0.1) is 11.6 Å². The molecule has 1 amide bonds. The zero-order chi connectivity index (χ0) is 20.8. The molecule has 29 heavy (non-hydrogen) atoms. The zero-order valence-corrected chi connectivity index (χ0v) is 16.1. The molecule has 0 fully saturated rings. The number of nitrogens with zero attached hydrogens (tertiary/aromatic N) is 3. The van der Waals surface area contributed by atoms with Gasteiger partial charge in [0.25, 0.3) is 5.91 Å². The summed E-state index contributed by atoms with van der Waals surface area (Å²) in [5.41, 5.74) is 2.28. The van der Waals surface area contributed by atoms with Crippen LogP contribution in [0.15, 0.2) is 54.9 Å². The summed E-state index contributed by atoms with van der Waals surface area (Å²) in [7, 11) is 0. The van der Waals surface area contributed by atoms with Gasteiger partial charge in [0, 0.05) is 48.6 Å². The first-order valence-electron chi connectivity index (χ1n) is 9.20. The molecule has 3 aromatic rings. The fraction of sp³-hybridized carbons (Fsp3) is 0.190. The van der Waals surface area contributed by atoms with Crippen molar-refractivity contribution in [2.75, 3.05) is 28.6 Å². The molecular formula is C21H21F2N5O. The van der Waals surface area contributed by atoms with Gasteiger partial charge in [-0.1, -0.05) is 0 Å². The normalized spacial score (nSPS) is 10.5. The molecule has 6 nitrogen and oxygen atoms in total. The maximum atomic E-state index is 13.2. The highest BCUT2D eigenvalue weighted by Gasteiger charge is 2.10. The first kappa shape index (κ1) is 20.2. The molecule has 0 radical (unpaired) electrons. The van der Waals surface area contributed by atoms with Crippen LogP contribution in [-0.4, -0.2) is 29.0 Å². The van der Waals surface area contributed by atoms with Crippen LogP contribution in [0.3, 0.4) is 0 Å². The third kappa shape index (κ3) is 5.04. The van der Waals surface area contributed by atoms with E-state index in [-0.39, 0.29) is 11.3 Å². The second kappa shape index (κ2) is 9.09. The number of carbonyl (C=O) groups is 1. The number of anilines is 4. The molecule has 3 rings (SSSR count). The van der Waals surface area contributed by atoms with Gasteiger partial charge in [0.2, 0.25) is 5.95 Å². The number of hydrogen-bond acceptors (Lipinski definition) is 5. The van der Waals surface area contributed by atoms with Crippen LogP contribution in [0.25, 0.3) is 0 Å². The Morgan fingerprint density at radius 1 is 0.931 bits per heavy atom. The largest absolute Gasteiger partial charge is 0.372 e. The molecule has 150 valence electrons. The Morgan fingerprint density at radius 3 is 2.14 bits per heavy atom. The van der Waals surface area contributed by atoms with Gasteiger partial charge in [-0.05, 0) is 50.2 Å². The summed E-state index contributed by atoms with van der Waals surface area (Å²) in [6.07, 6.45) is 2.71. The summed E-state index contributed by atoms with van der Waals surface area (Å²) in [5, 5.41) is 5.54. The summed E-state index contributed by atoms with van der Waals surface area (Å²) in [6, 6.07) is 11.0. The van der Waals surface area contributed by atoms with Crippen LogP contribution in [0.2, 0.25) is 0 Å². The van der Waals surface area contributed by atoms with E-state index in [9.17, 15) is 13.6 Å². The van der Waals surface area contributed by atoms with E-state index in [0.29, 0.717) is 5.95 Å². The lowest BCUT2D eigenvalue weighted by atomic mass is 10.2. The monoisotopic (exact) mass is 397 g/mol. The number of nitrogens with one attached hydrogen (secondary N) is 2. The van der Waals surface area contributed by atoms with E-state index in [2.05, 4.69) is 39.3 Å². The van der Waals surface area contributed by atoms with Crippen LogP contribution in [0.4, 0.5) is 31.8 Å². The van der Waals surface area contributed by atoms with Crippen LogP contribution in [-0.2, 0) is 0 Å². The average Bonchev–Trinajstić information content (AvgIpc) is 2.73. The third-order valence-electron chi connectivity index (χ3n) is 4.34. The van der Waals surface area contributed by atoms with Gasteiger partial charge in [-0.3, -0.25) is 4.79 Å². The predicted octanol–water partition coefficient (Wildman–Crippen LogP) is 4.60.